The average Bonchev–Trinajstić information content (AvgIpc) is 2.34. The van der Waals surface area contributed by atoms with Crippen molar-refractivity contribution in [2.45, 2.75) is 59.1 Å². The van der Waals surface area contributed by atoms with Crippen LogP contribution in [0.2, 0.25) is 5.02 Å². The van der Waals surface area contributed by atoms with Crippen molar-refractivity contribution in [3.63, 3.8) is 0 Å². The van der Waals surface area contributed by atoms with Crippen molar-refractivity contribution in [3.05, 3.63) is 28.8 Å². The van der Waals surface area contributed by atoms with Gasteiger partial charge in [-0.05, 0) is 43.0 Å². The van der Waals surface area contributed by atoms with E-state index >= 15 is 0 Å². The van der Waals surface area contributed by atoms with E-state index in [1.165, 1.54) is 5.56 Å². The molecule has 0 bridgehead atoms. The third-order valence-corrected chi connectivity index (χ3v) is 3.86. The number of halogens is 1. The Morgan fingerprint density at radius 1 is 1.35 bits per heavy atom. The first kappa shape index (κ1) is 15.7. The molecule has 0 aromatic heterocycles. The van der Waals surface area contributed by atoms with Crippen LogP contribution < -0.4 is 10.1 Å². The third-order valence-electron chi connectivity index (χ3n) is 3.62. The van der Waals surface area contributed by atoms with Crippen LogP contribution in [0, 0.1) is 5.41 Å². The molecule has 1 N–H and O–H groups in total. The highest BCUT2D eigenvalue weighted by Crippen LogP contribution is 2.39. The van der Waals surface area contributed by atoms with Crippen LogP contribution in [-0.4, -0.2) is 12.6 Å². The molecule has 3 heteroatoms. The fourth-order valence-corrected chi connectivity index (χ4v) is 3.02. The van der Waals surface area contributed by atoms with Crippen LogP contribution in [0.5, 0.6) is 5.75 Å². The zero-order chi connectivity index (χ0) is 14.8. The van der Waals surface area contributed by atoms with Crippen LogP contribution in [0.15, 0.2) is 18.2 Å². The minimum Gasteiger partial charge on any atom is -0.490 e. The molecule has 0 saturated carbocycles. The summed E-state index contributed by atoms with van der Waals surface area (Å²) in [7, 11) is 0. The lowest BCUT2D eigenvalue weighted by molar-refractivity contribution is 0.105. The lowest BCUT2D eigenvalue weighted by atomic mass is 9.85. The Balaban J connectivity index is 2.20. The van der Waals surface area contributed by atoms with Gasteiger partial charge in [-0.3, -0.25) is 0 Å². The second kappa shape index (κ2) is 6.36. The van der Waals surface area contributed by atoms with Crippen LogP contribution in [0.1, 0.15) is 58.6 Å². The standard InChI is InChI=1S/C17H26ClNO/c1-5-8-19-15-10-13(11-17(2,3)4)20-16-7-6-12(18)9-14(15)16/h6-7,9,13,15,19H,5,8,10-11H2,1-4H3. The summed E-state index contributed by atoms with van der Waals surface area (Å²) in [6.07, 6.45) is 3.50. The minimum absolute atomic E-state index is 0.276. The minimum atomic E-state index is 0.276. The first-order valence-corrected chi connectivity index (χ1v) is 7.96. The number of hydrogen-bond acceptors (Lipinski definition) is 2. The fraction of sp³-hybridized carbons (Fsp3) is 0.647. The Morgan fingerprint density at radius 2 is 2.10 bits per heavy atom. The first-order chi connectivity index (χ1) is 9.39. The Labute approximate surface area is 127 Å². The summed E-state index contributed by atoms with van der Waals surface area (Å²) in [5.74, 6) is 0.989. The highest BCUT2D eigenvalue weighted by molar-refractivity contribution is 6.30. The van der Waals surface area contributed by atoms with Gasteiger partial charge in [-0.15, -0.1) is 0 Å². The van der Waals surface area contributed by atoms with Gasteiger partial charge < -0.3 is 10.1 Å². The first-order valence-electron chi connectivity index (χ1n) is 7.58. The topological polar surface area (TPSA) is 21.3 Å². The summed E-state index contributed by atoms with van der Waals surface area (Å²) in [6, 6.07) is 6.31. The molecular weight excluding hydrogens is 270 g/mol. The number of hydrogen-bond donors (Lipinski definition) is 1. The summed E-state index contributed by atoms with van der Waals surface area (Å²) in [5, 5.41) is 4.41. The van der Waals surface area contributed by atoms with Gasteiger partial charge in [-0.25, -0.2) is 0 Å². The van der Waals surface area contributed by atoms with Gasteiger partial charge in [0.25, 0.3) is 0 Å². The molecule has 2 atom stereocenters. The van der Waals surface area contributed by atoms with Crippen molar-refractivity contribution in [2.75, 3.05) is 6.54 Å². The van der Waals surface area contributed by atoms with Crippen molar-refractivity contribution in [2.24, 2.45) is 5.41 Å². The van der Waals surface area contributed by atoms with E-state index in [0.717, 1.165) is 36.6 Å². The molecule has 0 radical (unpaired) electrons. The normalized spacial score (nSPS) is 22.2. The van der Waals surface area contributed by atoms with Crippen LogP contribution in [0.25, 0.3) is 0 Å². The second-order valence-corrected chi connectivity index (χ2v) is 7.37. The van der Waals surface area contributed by atoms with Crippen molar-refractivity contribution in [1.29, 1.82) is 0 Å². The molecule has 0 saturated heterocycles. The van der Waals surface area contributed by atoms with Gasteiger partial charge in [0.2, 0.25) is 0 Å². The summed E-state index contributed by atoms with van der Waals surface area (Å²) >= 11 is 6.14. The maximum Gasteiger partial charge on any atom is 0.124 e. The van der Waals surface area contributed by atoms with E-state index in [2.05, 4.69) is 33.0 Å². The SMILES string of the molecule is CCCNC1CC(CC(C)(C)C)Oc2ccc(Cl)cc21. The lowest BCUT2D eigenvalue weighted by Gasteiger charge is -2.36. The number of ether oxygens (including phenoxy) is 1. The molecule has 112 valence electrons. The highest BCUT2D eigenvalue weighted by atomic mass is 35.5. The van der Waals surface area contributed by atoms with E-state index in [1.54, 1.807) is 0 Å². The highest BCUT2D eigenvalue weighted by Gasteiger charge is 2.30. The van der Waals surface area contributed by atoms with E-state index in [4.69, 9.17) is 16.3 Å². The van der Waals surface area contributed by atoms with E-state index < -0.39 is 0 Å². The second-order valence-electron chi connectivity index (χ2n) is 6.93. The van der Waals surface area contributed by atoms with Crippen molar-refractivity contribution in [1.82, 2.24) is 5.32 Å². The predicted molar refractivity (Wildman–Crippen MR) is 85.6 cm³/mol. The Kier molecular flexibility index (Phi) is 4.98. The maximum atomic E-state index is 6.17. The Morgan fingerprint density at radius 3 is 2.75 bits per heavy atom. The molecule has 2 nitrogen and oxygen atoms in total. The van der Waals surface area contributed by atoms with Crippen LogP contribution in [0.3, 0.4) is 0 Å². The molecular formula is C17H26ClNO. The fourth-order valence-electron chi connectivity index (χ4n) is 2.84. The predicted octanol–water partition coefficient (Wildman–Crippen LogP) is 4.97. The van der Waals surface area contributed by atoms with Gasteiger partial charge in [0.15, 0.2) is 0 Å². The molecule has 0 amide bonds. The largest absolute Gasteiger partial charge is 0.490 e. The van der Waals surface area contributed by atoms with Gasteiger partial charge in [0.05, 0.1) is 0 Å². The molecule has 2 unspecified atom stereocenters. The zero-order valence-corrected chi connectivity index (χ0v) is 13.8. The molecule has 1 aliphatic rings. The molecule has 1 aromatic rings. The Hall–Kier alpha value is -0.730. The van der Waals surface area contributed by atoms with Gasteiger partial charge in [0, 0.05) is 23.0 Å². The number of benzene rings is 1. The molecule has 2 rings (SSSR count). The van der Waals surface area contributed by atoms with E-state index in [0.29, 0.717) is 6.04 Å². The maximum absolute atomic E-state index is 6.17. The van der Waals surface area contributed by atoms with Gasteiger partial charge in [-0.2, -0.15) is 0 Å². The van der Waals surface area contributed by atoms with Gasteiger partial charge >= 0.3 is 0 Å². The summed E-state index contributed by atoms with van der Waals surface area (Å²) in [4.78, 5) is 0. The third kappa shape index (κ3) is 4.13. The summed E-state index contributed by atoms with van der Waals surface area (Å²) < 4.78 is 6.17. The monoisotopic (exact) mass is 295 g/mol. The average molecular weight is 296 g/mol. The molecule has 1 heterocycles. The summed E-state index contributed by atoms with van der Waals surface area (Å²) in [5.41, 5.74) is 1.49. The van der Waals surface area contributed by atoms with Crippen molar-refractivity contribution < 1.29 is 4.74 Å². The lowest BCUT2D eigenvalue weighted by Crippen LogP contribution is -2.35. The molecule has 20 heavy (non-hydrogen) atoms. The van der Waals surface area contributed by atoms with Crippen LogP contribution in [-0.2, 0) is 0 Å². The quantitative estimate of drug-likeness (QED) is 0.847. The molecule has 0 fully saturated rings. The molecule has 0 spiro atoms. The smallest absolute Gasteiger partial charge is 0.124 e. The van der Waals surface area contributed by atoms with Crippen molar-refractivity contribution in [3.8, 4) is 5.75 Å². The van der Waals surface area contributed by atoms with Gasteiger partial charge in [-0.1, -0.05) is 39.3 Å². The van der Waals surface area contributed by atoms with E-state index in [9.17, 15) is 0 Å². The van der Waals surface area contributed by atoms with E-state index in [-0.39, 0.29) is 11.5 Å². The number of rotatable bonds is 4. The molecule has 0 aliphatic carbocycles. The van der Waals surface area contributed by atoms with Crippen LogP contribution >= 0.6 is 11.6 Å². The summed E-state index contributed by atoms with van der Waals surface area (Å²) in [6.45, 7) is 10.0. The van der Waals surface area contributed by atoms with Crippen molar-refractivity contribution >= 4 is 11.6 Å². The number of nitrogens with one attached hydrogen (secondary N) is 1. The van der Waals surface area contributed by atoms with Crippen LogP contribution in [0.4, 0.5) is 0 Å². The van der Waals surface area contributed by atoms with Gasteiger partial charge in [0.1, 0.15) is 11.9 Å². The van der Waals surface area contributed by atoms with E-state index in [1.807, 2.05) is 18.2 Å². The zero-order valence-electron chi connectivity index (χ0n) is 13.0. The molecule has 1 aliphatic heterocycles. The Bertz CT molecular complexity index is 453. The number of fused-ring (bicyclic) bond motifs is 1. The molecule has 1 aromatic carbocycles.